The van der Waals surface area contributed by atoms with E-state index < -0.39 is 5.38 Å². The fraction of sp³-hybridized carbons (Fsp3) is 0.667. The van der Waals surface area contributed by atoms with Crippen LogP contribution >= 0.6 is 22.9 Å². The molecule has 0 aromatic carbocycles. The van der Waals surface area contributed by atoms with Gasteiger partial charge in [-0.1, -0.05) is 13.3 Å². The van der Waals surface area contributed by atoms with Gasteiger partial charge in [-0.2, -0.15) is 0 Å². The summed E-state index contributed by atoms with van der Waals surface area (Å²) in [5.41, 5.74) is 1.49. The van der Waals surface area contributed by atoms with Crippen LogP contribution in [0, 0.1) is 0 Å². The summed E-state index contributed by atoms with van der Waals surface area (Å²) in [7, 11) is 0. The number of aryl methyl sites for hydroxylation is 3. The minimum absolute atomic E-state index is 0.0326. The second-order valence-electron chi connectivity index (χ2n) is 7.89. The number of carbonyl (C=O) groups excluding carboxylic acids is 1. The average Bonchev–Trinajstić information content (AvgIpc) is 2.88. The van der Waals surface area contributed by atoms with Crippen molar-refractivity contribution in [3.63, 3.8) is 0 Å². The van der Waals surface area contributed by atoms with E-state index in [2.05, 4.69) is 11.8 Å². The first kappa shape index (κ1) is 19.9. The summed E-state index contributed by atoms with van der Waals surface area (Å²) in [6, 6.07) is 0. The zero-order valence-corrected chi connectivity index (χ0v) is 18.4. The molecule has 2 aromatic rings. The summed E-state index contributed by atoms with van der Waals surface area (Å²) in [5, 5.41) is 0.827. The van der Waals surface area contributed by atoms with E-state index in [1.807, 2.05) is 16.2 Å². The van der Waals surface area contributed by atoms with Crippen molar-refractivity contribution in [2.24, 2.45) is 0 Å². The van der Waals surface area contributed by atoms with Crippen LogP contribution in [-0.2, 0) is 24.1 Å². The number of amides is 1. The summed E-state index contributed by atoms with van der Waals surface area (Å²) < 4.78 is 0. The lowest BCUT2D eigenvalue weighted by Crippen LogP contribution is -2.50. The molecule has 0 spiro atoms. The largest absolute Gasteiger partial charge is 0.352 e. The van der Waals surface area contributed by atoms with Crippen LogP contribution in [0.4, 0.5) is 5.82 Å². The number of aromatic nitrogens is 2. The van der Waals surface area contributed by atoms with Crippen LogP contribution in [0.15, 0.2) is 0 Å². The highest BCUT2D eigenvalue weighted by Crippen LogP contribution is 2.39. The number of nitrogens with zero attached hydrogens (tertiary/aromatic N) is 4. The Morgan fingerprint density at radius 1 is 1.14 bits per heavy atom. The highest BCUT2D eigenvalue weighted by molar-refractivity contribution is 7.19. The predicted molar refractivity (Wildman–Crippen MR) is 117 cm³/mol. The van der Waals surface area contributed by atoms with Gasteiger partial charge in [-0.15, -0.1) is 22.9 Å². The Balaban J connectivity index is 1.69. The van der Waals surface area contributed by atoms with Crippen LogP contribution in [0.3, 0.4) is 0 Å². The standard InChI is InChI=1S/C21H29ClN4OS/c1-3-7-17-23-19(25-10-12-26(13-11-25)21(27)14(2)22)18-15-8-5-4-6-9-16(15)28-20(18)24-17/h14H,3-13H2,1-2H3. The molecule has 0 bridgehead atoms. The van der Waals surface area contributed by atoms with E-state index in [0.717, 1.165) is 48.8 Å². The number of carbonyl (C=O) groups is 1. The third kappa shape index (κ3) is 3.86. The lowest BCUT2D eigenvalue weighted by atomic mass is 10.1. The lowest BCUT2D eigenvalue weighted by molar-refractivity contribution is -0.130. The molecule has 0 saturated carbocycles. The molecule has 0 radical (unpaired) electrons. The smallest absolute Gasteiger partial charge is 0.240 e. The fourth-order valence-corrected chi connectivity index (χ4v) is 5.73. The van der Waals surface area contributed by atoms with Crippen molar-refractivity contribution in [3.05, 3.63) is 16.3 Å². The van der Waals surface area contributed by atoms with Crippen LogP contribution in [0.1, 0.15) is 55.8 Å². The SMILES string of the molecule is CCCc1nc(N2CCN(C(=O)C(C)Cl)CC2)c2c3c(sc2n1)CCCCC3. The van der Waals surface area contributed by atoms with Crippen LogP contribution in [0.5, 0.6) is 0 Å². The molecule has 1 aliphatic carbocycles. The molecule has 4 rings (SSSR count). The molecule has 1 aliphatic heterocycles. The van der Waals surface area contributed by atoms with E-state index in [4.69, 9.17) is 21.6 Å². The summed E-state index contributed by atoms with van der Waals surface area (Å²) in [4.78, 5) is 29.1. The molecule has 3 heterocycles. The molecule has 2 aromatic heterocycles. The predicted octanol–water partition coefficient (Wildman–Crippen LogP) is 4.19. The molecular weight excluding hydrogens is 392 g/mol. The Kier molecular flexibility index (Phi) is 6.07. The molecule has 1 atom stereocenters. The van der Waals surface area contributed by atoms with Gasteiger partial charge in [-0.05, 0) is 44.6 Å². The fourth-order valence-electron chi connectivity index (χ4n) is 4.31. The van der Waals surface area contributed by atoms with Gasteiger partial charge in [0, 0.05) is 37.5 Å². The van der Waals surface area contributed by atoms with E-state index in [1.54, 1.807) is 6.92 Å². The number of hydrogen-bond acceptors (Lipinski definition) is 5. The zero-order chi connectivity index (χ0) is 19.7. The molecule has 1 unspecified atom stereocenters. The van der Waals surface area contributed by atoms with Crippen LogP contribution in [-0.4, -0.2) is 52.3 Å². The van der Waals surface area contributed by atoms with Crippen molar-refractivity contribution in [2.45, 2.75) is 64.2 Å². The van der Waals surface area contributed by atoms with E-state index >= 15 is 0 Å². The molecule has 7 heteroatoms. The lowest BCUT2D eigenvalue weighted by Gasteiger charge is -2.36. The number of thiophene rings is 1. The number of hydrogen-bond donors (Lipinski definition) is 0. The van der Waals surface area contributed by atoms with Crippen molar-refractivity contribution in [1.82, 2.24) is 14.9 Å². The molecular formula is C21H29ClN4OS. The van der Waals surface area contributed by atoms with Gasteiger partial charge in [0.2, 0.25) is 5.91 Å². The van der Waals surface area contributed by atoms with E-state index in [1.165, 1.54) is 41.5 Å². The van der Waals surface area contributed by atoms with Gasteiger partial charge >= 0.3 is 0 Å². The van der Waals surface area contributed by atoms with Gasteiger partial charge in [0.1, 0.15) is 21.8 Å². The van der Waals surface area contributed by atoms with Crippen molar-refractivity contribution in [3.8, 4) is 0 Å². The maximum Gasteiger partial charge on any atom is 0.240 e. The molecule has 0 N–H and O–H groups in total. The van der Waals surface area contributed by atoms with E-state index in [0.29, 0.717) is 13.1 Å². The Morgan fingerprint density at radius 3 is 2.61 bits per heavy atom. The van der Waals surface area contributed by atoms with Gasteiger partial charge in [0.05, 0.1) is 5.39 Å². The minimum atomic E-state index is -0.457. The molecule has 152 valence electrons. The van der Waals surface area contributed by atoms with Crippen molar-refractivity contribution < 1.29 is 4.79 Å². The monoisotopic (exact) mass is 420 g/mol. The van der Waals surface area contributed by atoms with Gasteiger partial charge in [0.15, 0.2) is 0 Å². The number of fused-ring (bicyclic) bond motifs is 3. The summed E-state index contributed by atoms with van der Waals surface area (Å²) in [6.45, 7) is 6.94. The Morgan fingerprint density at radius 2 is 1.89 bits per heavy atom. The third-order valence-electron chi connectivity index (χ3n) is 5.80. The highest BCUT2D eigenvalue weighted by Gasteiger charge is 2.28. The molecule has 2 aliphatic rings. The van der Waals surface area contributed by atoms with Gasteiger partial charge < -0.3 is 9.80 Å². The Labute approximate surface area is 176 Å². The summed E-state index contributed by atoms with van der Waals surface area (Å²) >= 11 is 7.89. The number of halogens is 1. The second kappa shape index (κ2) is 8.54. The summed E-state index contributed by atoms with van der Waals surface area (Å²) in [5.74, 6) is 2.08. The first-order chi connectivity index (χ1) is 13.6. The maximum atomic E-state index is 12.2. The van der Waals surface area contributed by atoms with E-state index in [9.17, 15) is 4.79 Å². The average molecular weight is 421 g/mol. The number of rotatable bonds is 4. The quantitative estimate of drug-likeness (QED) is 0.549. The minimum Gasteiger partial charge on any atom is -0.352 e. The highest BCUT2D eigenvalue weighted by atomic mass is 35.5. The van der Waals surface area contributed by atoms with Gasteiger partial charge in [0.25, 0.3) is 0 Å². The zero-order valence-electron chi connectivity index (χ0n) is 16.8. The van der Waals surface area contributed by atoms with Crippen LogP contribution in [0.2, 0.25) is 0 Å². The van der Waals surface area contributed by atoms with Gasteiger partial charge in [-0.25, -0.2) is 9.97 Å². The molecule has 28 heavy (non-hydrogen) atoms. The maximum absolute atomic E-state index is 12.2. The Hall–Kier alpha value is -1.40. The van der Waals surface area contributed by atoms with Crippen molar-refractivity contribution in [2.75, 3.05) is 31.1 Å². The first-order valence-corrected chi connectivity index (χ1v) is 11.8. The number of piperazine rings is 1. The first-order valence-electron chi connectivity index (χ1n) is 10.6. The van der Waals surface area contributed by atoms with Crippen LogP contribution in [0.25, 0.3) is 10.2 Å². The topological polar surface area (TPSA) is 49.3 Å². The number of anilines is 1. The third-order valence-corrected chi connectivity index (χ3v) is 7.17. The van der Waals surface area contributed by atoms with Crippen LogP contribution < -0.4 is 4.90 Å². The molecule has 1 amide bonds. The number of alkyl halides is 1. The second-order valence-corrected chi connectivity index (χ2v) is 9.62. The normalized spacial score (nSPS) is 18.8. The summed E-state index contributed by atoms with van der Waals surface area (Å²) in [6.07, 6.45) is 8.12. The molecule has 1 fully saturated rings. The van der Waals surface area contributed by atoms with Gasteiger partial charge in [-0.3, -0.25) is 4.79 Å². The molecule has 1 saturated heterocycles. The Bertz CT molecular complexity index is 858. The van der Waals surface area contributed by atoms with E-state index in [-0.39, 0.29) is 5.91 Å². The van der Waals surface area contributed by atoms with Crippen molar-refractivity contribution in [1.29, 1.82) is 0 Å². The molecule has 5 nitrogen and oxygen atoms in total. The van der Waals surface area contributed by atoms with Crippen molar-refractivity contribution >= 4 is 44.9 Å².